The second-order valence-corrected chi connectivity index (χ2v) is 6.33. The number of carbonyl (C=O) groups is 2. The lowest BCUT2D eigenvalue weighted by molar-refractivity contribution is -0.132. The van der Waals surface area contributed by atoms with Crippen LogP contribution in [0.5, 0.6) is 0 Å². The van der Waals surface area contributed by atoms with E-state index in [1.807, 2.05) is 27.7 Å². The summed E-state index contributed by atoms with van der Waals surface area (Å²) in [5.41, 5.74) is 1.33. The van der Waals surface area contributed by atoms with Gasteiger partial charge in [-0.15, -0.1) is 6.58 Å². The Morgan fingerprint density at radius 3 is 2.64 bits per heavy atom. The molecule has 1 saturated heterocycles. The van der Waals surface area contributed by atoms with Gasteiger partial charge in [-0.3, -0.25) is 9.59 Å². The quantitative estimate of drug-likeness (QED) is 0.581. The Labute approximate surface area is 130 Å². The zero-order valence-corrected chi connectivity index (χ0v) is 13.4. The molecule has 1 atom stereocenters. The Kier molecular flexibility index (Phi) is 4.21. The lowest BCUT2D eigenvalue weighted by Crippen LogP contribution is -2.56. The summed E-state index contributed by atoms with van der Waals surface area (Å²) >= 11 is 0. The summed E-state index contributed by atoms with van der Waals surface area (Å²) in [6.07, 6.45) is 4.95. The lowest BCUT2D eigenvalue weighted by atomic mass is 9.88. The van der Waals surface area contributed by atoms with Gasteiger partial charge >= 0.3 is 0 Å². The summed E-state index contributed by atoms with van der Waals surface area (Å²) in [4.78, 5) is 31.5. The highest BCUT2D eigenvalue weighted by Crippen LogP contribution is 2.26. The summed E-state index contributed by atoms with van der Waals surface area (Å²) in [5.74, 6) is -0.476. The van der Waals surface area contributed by atoms with Crippen LogP contribution in [0.2, 0.25) is 0 Å². The zero-order valence-electron chi connectivity index (χ0n) is 13.4. The van der Waals surface area contributed by atoms with E-state index in [0.29, 0.717) is 5.69 Å². The van der Waals surface area contributed by atoms with Gasteiger partial charge in [-0.25, -0.2) is 4.98 Å². The molecule has 1 fully saturated rings. The van der Waals surface area contributed by atoms with Crippen LogP contribution in [-0.4, -0.2) is 27.8 Å². The first-order valence-electron chi connectivity index (χ1n) is 7.27. The fourth-order valence-corrected chi connectivity index (χ4v) is 2.29. The van der Waals surface area contributed by atoms with E-state index in [0.717, 1.165) is 5.69 Å². The first-order valence-corrected chi connectivity index (χ1v) is 7.27. The van der Waals surface area contributed by atoms with E-state index in [1.54, 1.807) is 18.5 Å². The van der Waals surface area contributed by atoms with E-state index in [-0.39, 0.29) is 28.8 Å². The molecule has 0 radical (unpaired) electrons. The van der Waals surface area contributed by atoms with E-state index >= 15 is 0 Å². The van der Waals surface area contributed by atoms with Crippen molar-refractivity contribution in [2.45, 2.75) is 39.2 Å². The Morgan fingerprint density at radius 2 is 2.05 bits per heavy atom. The van der Waals surface area contributed by atoms with E-state index < -0.39 is 6.04 Å². The van der Waals surface area contributed by atoms with Gasteiger partial charge in [-0.2, -0.15) is 0 Å². The van der Waals surface area contributed by atoms with Crippen molar-refractivity contribution in [3.05, 3.63) is 36.1 Å². The second kappa shape index (κ2) is 5.79. The van der Waals surface area contributed by atoms with Gasteiger partial charge in [0, 0.05) is 5.41 Å². The Hall–Kier alpha value is -2.37. The number of aromatic amines is 1. The second-order valence-electron chi connectivity index (χ2n) is 6.33. The van der Waals surface area contributed by atoms with Crippen LogP contribution >= 0.6 is 0 Å². The molecule has 2 amide bonds. The number of imidazole rings is 1. The molecule has 22 heavy (non-hydrogen) atoms. The minimum atomic E-state index is -0.507. The van der Waals surface area contributed by atoms with Crippen LogP contribution in [0.15, 0.2) is 24.7 Å². The summed E-state index contributed by atoms with van der Waals surface area (Å²) in [7, 11) is 0. The highest BCUT2D eigenvalue weighted by molar-refractivity contribution is 6.07. The van der Waals surface area contributed by atoms with Crippen LogP contribution in [0, 0.1) is 5.92 Å². The van der Waals surface area contributed by atoms with E-state index in [9.17, 15) is 9.59 Å². The molecule has 1 aromatic rings. The van der Waals surface area contributed by atoms with Crippen molar-refractivity contribution in [3.63, 3.8) is 0 Å². The maximum absolute atomic E-state index is 12.2. The number of amides is 2. The number of carbonyl (C=O) groups excluding carboxylic acids is 2. The Balaban J connectivity index is 2.32. The van der Waals surface area contributed by atoms with Crippen molar-refractivity contribution < 1.29 is 9.59 Å². The van der Waals surface area contributed by atoms with Gasteiger partial charge in [0.15, 0.2) is 0 Å². The SMILES string of the molecule is C=CC(C)(C)c1[nH]cnc1C=C1NC(=O)[C@H](C(C)C)NC1=O. The van der Waals surface area contributed by atoms with E-state index in [2.05, 4.69) is 27.2 Å². The third kappa shape index (κ3) is 2.95. The topological polar surface area (TPSA) is 86.9 Å². The average molecular weight is 302 g/mol. The van der Waals surface area contributed by atoms with Crippen molar-refractivity contribution in [3.8, 4) is 0 Å². The molecule has 0 aliphatic carbocycles. The van der Waals surface area contributed by atoms with Gasteiger partial charge in [0.2, 0.25) is 5.91 Å². The molecule has 118 valence electrons. The molecule has 3 N–H and O–H groups in total. The van der Waals surface area contributed by atoms with E-state index in [4.69, 9.17) is 0 Å². The summed E-state index contributed by atoms with van der Waals surface area (Å²) in [6.45, 7) is 11.6. The van der Waals surface area contributed by atoms with Gasteiger partial charge < -0.3 is 15.6 Å². The predicted octanol–water partition coefficient (Wildman–Crippen LogP) is 1.48. The first kappa shape index (κ1) is 16.0. The molecular weight excluding hydrogens is 280 g/mol. The standard InChI is InChI=1S/C16H22N4O2/c1-6-16(4,5)13-10(17-8-18-13)7-11-14(21)20-12(9(2)3)15(22)19-11/h6-9,12H,1H2,2-5H3,(H,17,18)(H,19,22)(H,20,21)/t12-/m0/s1. The van der Waals surface area contributed by atoms with Crippen molar-refractivity contribution in [1.29, 1.82) is 0 Å². The van der Waals surface area contributed by atoms with Crippen LogP contribution in [-0.2, 0) is 15.0 Å². The van der Waals surface area contributed by atoms with Crippen LogP contribution in [0.3, 0.4) is 0 Å². The molecule has 2 heterocycles. The molecule has 2 rings (SSSR count). The maximum Gasteiger partial charge on any atom is 0.268 e. The largest absolute Gasteiger partial charge is 0.347 e. The van der Waals surface area contributed by atoms with E-state index in [1.165, 1.54) is 0 Å². The predicted molar refractivity (Wildman–Crippen MR) is 84.7 cm³/mol. The summed E-state index contributed by atoms with van der Waals surface area (Å²) in [5, 5.41) is 5.39. The van der Waals surface area contributed by atoms with Crippen LogP contribution < -0.4 is 10.6 Å². The third-order valence-electron chi connectivity index (χ3n) is 3.84. The fourth-order valence-electron chi connectivity index (χ4n) is 2.29. The highest BCUT2D eigenvalue weighted by Gasteiger charge is 2.32. The molecule has 1 aromatic heterocycles. The highest BCUT2D eigenvalue weighted by atomic mass is 16.2. The number of H-pyrrole nitrogens is 1. The third-order valence-corrected chi connectivity index (χ3v) is 3.84. The molecule has 0 spiro atoms. The minimum absolute atomic E-state index is 0.0335. The molecule has 0 bridgehead atoms. The van der Waals surface area contributed by atoms with Gasteiger partial charge in [-0.1, -0.05) is 33.8 Å². The van der Waals surface area contributed by atoms with Crippen molar-refractivity contribution in [2.75, 3.05) is 0 Å². The number of piperazine rings is 1. The molecule has 0 aromatic carbocycles. The Morgan fingerprint density at radius 1 is 1.36 bits per heavy atom. The van der Waals surface area contributed by atoms with Gasteiger partial charge in [-0.05, 0) is 12.0 Å². The number of rotatable bonds is 4. The van der Waals surface area contributed by atoms with Crippen molar-refractivity contribution in [1.82, 2.24) is 20.6 Å². The monoisotopic (exact) mass is 302 g/mol. The van der Waals surface area contributed by atoms with Crippen molar-refractivity contribution >= 4 is 17.9 Å². The molecule has 6 heteroatoms. The number of nitrogens with one attached hydrogen (secondary N) is 3. The maximum atomic E-state index is 12.2. The van der Waals surface area contributed by atoms with Gasteiger partial charge in [0.1, 0.15) is 11.7 Å². The smallest absolute Gasteiger partial charge is 0.268 e. The summed E-state index contributed by atoms with van der Waals surface area (Å²) < 4.78 is 0. The zero-order chi connectivity index (χ0) is 16.5. The molecule has 6 nitrogen and oxygen atoms in total. The summed E-state index contributed by atoms with van der Waals surface area (Å²) in [6, 6.07) is -0.507. The molecule has 0 unspecified atom stereocenters. The Bertz CT molecular complexity index is 640. The number of allylic oxidation sites excluding steroid dienone is 1. The average Bonchev–Trinajstić information content (AvgIpc) is 2.91. The molecule has 1 aliphatic rings. The van der Waals surface area contributed by atoms with Gasteiger partial charge in [0.05, 0.1) is 17.7 Å². The van der Waals surface area contributed by atoms with Crippen LogP contribution in [0.1, 0.15) is 39.1 Å². The minimum Gasteiger partial charge on any atom is -0.347 e. The van der Waals surface area contributed by atoms with Crippen LogP contribution in [0.25, 0.3) is 6.08 Å². The molecule has 0 saturated carbocycles. The first-order chi connectivity index (χ1) is 10.3. The molecular formula is C16H22N4O2. The number of aromatic nitrogens is 2. The molecule has 1 aliphatic heterocycles. The number of hydrogen-bond donors (Lipinski definition) is 3. The normalized spacial score (nSPS) is 21.0. The lowest BCUT2D eigenvalue weighted by Gasteiger charge is -2.27. The number of nitrogens with zero attached hydrogens (tertiary/aromatic N) is 1. The van der Waals surface area contributed by atoms with Crippen LogP contribution in [0.4, 0.5) is 0 Å². The number of hydrogen-bond acceptors (Lipinski definition) is 3. The van der Waals surface area contributed by atoms with Gasteiger partial charge in [0.25, 0.3) is 5.91 Å². The fraction of sp³-hybridized carbons (Fsp3) is 0.438. The van der Waals surface area contributed by atoms with Crippen molar-refractivity contribution in [2.24, 2.45) is 5.92 Å².